The number of thioether (sulfide) groups is 1. The van der Waals surface area contributed by atoms with Gasteiger partial charge in [-0.25, -0.2) is 4.98 Å². The molecule has 2 N–H and O–H groups in total. The molecule has 8 heteroatoms. The van der Waals surface area contributed by atoms with Gasteiger partial charge in [0.1, 0.15) is 5.82 Å². The van der Waals surface area contributed by atoms with E-state index < -0.39 is 0 Å². The van der Waals surface area contributed by atoms with E-state index in [2.05, 4.69) is 20.5 Å². The molecule has 0 radical (unpaired) electrons. The second-order valence-electron chi connectivity index (χ2n) is 5.24. The lowest BCUT2D eigenvalue weighted by atomic mass is 10.2. The molecule has 2 amide bonds. The number of H-pyrrole nitrogens is 1. The van der Waals surface area contributed by atoms with E-state index in [0.717, 1.165) is 24.5 Å². The zero-order valence-corrected chi connectivity index (χ0v) is 13.5. The fourth-order valence-electron chi connectivity index (χ4n) is 2.39. The Bertz CT molecular complexity index is 730. The average molecular weight is 331 g/mol. The predicted molar refractivity (Wildman–Crippen MR) is 88.5 cm³/mol. The van der Waals surface area contributed by atoms with Gasteiger partial charge in [0.05, 0.1) is 5.75 Å². The molecule has 1 aromatic heterocycles. The van der Waals surface area contributed by atoms with Crippen molar-refractivity contribution < 1.29 is 9.59 Å². The molecule has 1 aliphatic rings. The Hall–Kier alpha value is -2.35. The van der Waals surface area contributed by atoms with E-state index in [0.29, 0.717) is 17.3 Å². The van der Waals surface area contributed by atoms with Gasteiger partial charge < -0.3 is 10.2 Å². The number of hydrogen-bond acceptors (Lipinski definition) is 5. The first kappa shape index (κ1) is 15.5. The first-order chi connectivity index (χ1) is 11.1. The Kier molecular flexibility index (Phi) is 4.61. The number of nitrogens with zero attached hydrogens (tertiary/aromatic N) is 3. The lowest BCUT2D eigenvalue weighted by molar-refractivity contribution is -0.117. The van der Waals surface area contributed by atoms with Crippen LogP contribution < -0.4 is 10.2 Å². The van der Waals surface area contributed by atoms with Gasteiger partial charge in [-0.15, -0.1) is 5.10 Å². The standard InChI is InChI=1S/C15H17N5O2S/c1-10-16-15(19-18-10)23-9-13(21)17-11-4-2-5-12(8-11)20-7-3-6-14(20)22/h2,4-5,8H,3,6-7,9H2,1H3,(H,17,21)(H,16,18,19). The molecule has 1 aromatic carbocycles. The van der Waals surface area contributed by atoms with Crippen LogP contribution in [0.5, 0.6) is 0 Å². The molecule has 120 valence electrons. The van der Waals surface area contributed by atoms with Gasteiger partial charge in [0.2, 0.25) is 17.0 Å². The van der Waals surface area contributed by atoms with Crippen molar-refractivity contribution in [1.29, 1.82) is 0 Å². The Morgan fingerprint density at radius 1 is 1.48 bits per heavy atom. The molecule has 2 aromatic rings. The van der Waals surface area contributed by atoms with Crippen molar-refractivity contribution in [3.8, 4) is 0 Å². The van der Waals surface area contributed by atoms with Gasteiger partial charge in [-0.3, -0.25) is 14.7 Å². The second kappa shape index (κ2) is 6.82. The number of carbonyl (C=O) groups excluding carboxylic acids is 2. The minimum absolute atomic E-state index is 0.129. The molecule has 7 nitrogen and oxygen atoms in total. The van der Waals surface area contributed by atoms with E-state index >= 15 is 0 Å². The third-order valence-corrected chi connectivity index (χ3v) is 4.27. The highest BCUT2D eigenvalue weighted by atomic mass is 32.2. The molecular weight excluding hydrogens is 314 g/mol. The number of rotatable bonds is 5. The third kappa shape index (κ3) is 3.89. The van der Waals surface area contributed by atoms with Gasteiger partial charge in [-0.05, 0) is 31.5 Å². The van der Waals surface area contributed by atoms with Crippen LogP contribution in [0.3, 0.4) is 0 Å². The minimum atomic E-state index is -0.137. The molecule has 3 rings (SSSR count). The molecule has 0 spiro atoms. The lowest BCUT2D eigenvalue weighted by Crippen LogP contribution is -2.23. The van der Waals surface area contributed by atoms with Gasteiger partial charge >= 0.3 is 0 Å². The number of aromatic amines is 1. The van der Waals surface area contributed by atoms with Crippen LogP contribution in [0.4, 0.5) is 11.4 Å². The van der Waals surface area contributed by atoms with E-state index in [1.165, 1.54) is 11.8 Å². The van der Waals surface area contributed by atoms with Crippen molar-refractivity contribution in [2.45, 2.75) is 24.9 Å². The molecule has 0 saturated carbocycles. The largest absolute Gasteiger partial charge is 0.325 e. The van der Waals surface area contributed by atoms with E-state index in [1.54, 1.807) is 4.90 Å². The van der Waals surface area contributed by atoms with Crippen molar-refractivity contribution in [1.82, 2.24) is 15.2 Å². The summed E-state index contributed by atoms with van der Waals surface area (Å²) < 4.78 is 0. The molecule has 1 saturated heterocycles. The monoisotopic (exact) mass is 331 g/mol. The maximum atomic E-state index is 12.0. The molecule has 2 heterocycles. The van der Waals surface area contributed by atoms with Crippen molar-refractivity contribution in [2.24, 2.45) is 0 Å². The number of hydrogen-bond donors (Lipinski definition) is 2. The maximum absolute atomic E-state index is 12.0. The molecule has 0 bridgehead atoms. The van der Waals surface area contributed by atoms with Crippen LogP contribution in [0.2, 0.25) is 0 Å². The molecule has 0 unspecified atom stereocenters. The Morgan fingerprint density at radius 2 is 2.35 bits per heavy atom. The second-order valence-corrected chi connectivity index (χ2v) is 6.18. The number of carbonyl (C=O) groups is 2. The quantitative estimate of drug-likeness (QED) is 0.818. The number of aromatic nitrogens is 3. The number of aryl methyl sites for hydroxylation is 1. The highest BCUT2D eigenvalue weighted by Gasteiger charge is 2.21. The van der Waals surface area contributed by atoms with Gasteiger partial charge in [0.15, 0.2) is 0 Å². The summed E-state index contributed by atoms with van der Waals surface area (Å²) in [5.41, 5.74) is 1.50. The molecule has 23 heavy (non-hydrogen) atoms. The van der Waals surface area contributed by atoms with Crippen LogP contribution in [-0.4, -0.2) is 39.3 Å². The fourth-order valence-corrected chi connectivity index (χ4v) is 3.03. The Balaban J connectivity index is 1.59. The van der Waals surface area contributed by atoms with Crippen molar-refractivity contribution >= 4 is 35.0 Å². The van der Waals surface area contributed by atoms with Crippen LogP contribution in [0.25, 0.3) is 0 Å². The molecule has 0 aliphatic carbocycles. The highest BCUT2D eigenvalue weighted by Crippen LogP contribution is 2.24. The third-order valence-electron chi connectivity index (χ3n) is 3.42. The van der Waals surface area contributed by atoms with Crippen LogP contribution in [-0.2, 0) is 9.59 Å². The smallest absolute Gasteiger partial charge is 0.234 e. The zero-order valence-electron chi connectivity index (χ0n) is 12.7. The van der Waals surface area contributed by atoms with Crippen LogP contribution in [0.15, 0.2) is 29.4 Å². The lowest BCUT2D eigenvalue weighted by Gasteiger charge is -2.16. The highest BCUT2D eigenvalue weighted by molar-refractivity contribution is 7.99. The van der Waals surface area contributed by atoms with E-state index in [1.807, 2.05) is 31.2 Å². The summed E-state index contributed by atoms with van der Waals surface area (Å²) in [6.45, 7) is 2.54. The Labute approximate surface area is 137 Å². The normalized spacial score (nSPS) is 14.3. The summed E-state index contributed by atoms with van der Waals surface area (Å²) in [5.74, 6) is 0.937. The van der Waals surface area contributed by atoms with Gasteiger partial charge in [-0.1, -0.05) is 17.8 Å². The minimum Gasteiger partial charge on any atom is -0.325 e. The topological polar surface area (TPSA) is 91.0 Å². The number of amides is 2. The maximum Gasteiger partial charge on any atom is 0.234 e. The van der Waals surface area contributed by atoms with Crippen molar-refractivity contribution in [2.75, 3.05) is 22.5 Å². The first-order valence-corrected chi connectivity index (χ1v) is 8.32. The fraction of sp³-hybridized carbons (Fsp3) is 0.333. The Morgan fingerprint density at radius 3 is 3.04 bits per heavy atom. The number of nitrogens with one attached hydrogen (secondary N) is 2. The van der Waals surface area contributed by atoms with Gasteiger partial charge in [0.25, 0.3) is 0 Å². The number of anilines is 2. The van der Waals surface area contributed by atoms with Gasteiger partial charge in [-0.2, -0.15) is 0 Å². The van der Waals surface area contributed by atoms with E-state index in [-0.39, 0.29) is 17.6 Å². The van der Waals surface area contributed by atoms with Crippen LogP contribution in [0, 0.1) is 6.92 Å². The van der Waals surface area contributed by atoms with Crippen LogP contribution in [0.1, 0.15) is 18.7 Å². The molecular formula is C15H17N5O2S. The summed E-state index contributed by atoms with van der Waals surface area (Å²) in [4.78, 5) is 29.7. The average Bonchev–Trinajstić information content (AvgIpc) is 3.14. The summed E-state index contributed by atoms with van der Waals surface area (Å²) in [7, 11) is 0. The first-order valence-electron chi connectivity index (χ1n) is 7.34. The summed E-state index contributed by atoms with van der Waals surface area (Å²) >= 11 is 1.27. The predicted octanol–water partition coefficient (Wildman–Crippen LogP) is 1.97. The van der Waals surface area contributed by atoms with Crippen molar-refractivity contribution in [3.05, 3.63) is 30.1 Å². The summed E-state index contributed by atoms with van der Waals surface area (Å²) in [6, 6.07) is 7.35. The summed E-state index contributed by atoms with van der Waals surface area (Å²) in [6.07, 6.45) is 1.46. The van der Waals surface area contributed by atoms with E-state index in [9.17, 15) is 9.59 Å². The molecule has 0 atom stereocenters. The van der Waals surface area contributed by atoms with Crippen molar-refractivity contribution in [3.63, 3.8) is 0 Å². The zero-order chi connectivity index (χ0) is 16.2. The number of benzene rings is 1. The van der Waals surface area contributed by atoms with Gasteiger partial charge in [0, 0.05) is 24.3 Å². The molecule has 1 aliphatic heterocycles. The van der Waals surface area contributed by atoms with E-state index in [4.69, 9.17) is 0 Å². The molecule has 1 fully saturated rings. The SMILES string of the molecule is Cc1nc(SCC(=O)Nc2cccc(N3CCCC3=O)c2)n[nH]1. The summed E-state index contributed by atoms with van der Waals surface area (Å²) in [5, 5.41) is 10.1. The van der Waals surface area contributed by atoms with Crippen LogP contribution >= 0.6 is 11.8 Å².